The maximum Gasteiger partial charge on any atom is 0.319 e. The van der Waals surface area contributed by atoms with Crippen molar-refractivity contribution in [2.24, 2.45) is 23.7 Å². The zero-order valence-electron chi connectivity index (χ0n) is 10.7. The minimum Gasteiger partial charge on any atom is -0.465 e. The molecule has 0 aliphatic heterocycles. The number of nitrogens with one attached hydrogen (secondary N) is 1. The van der Waals surface area contributed by atoms with E-state index in [4.69, 9.17) is 4.74 Å². The average molecular weight is 237 g/mol. The zero-order valence-corrected chi connectivity index (χ0v) is 10.7. The molecule has 4 aliphatic rings. The fourth-order valence-electron chi connectivity index (χ4n) is 4.67. The summed E-state index contributed by atoms with van der Waals surface area (Å²) in [6.45, 7) is 2.75. The molecular weight excluding hydrogens is 214 g/mol. The number of hydrogen-bond acceptors (Lipinski definition) is 3. The van der Waals surface area contributed by atoms with Crippen molar-refractivity contribution in [2.75, 3.05) is 13.2 Å². The first kappa shape index (κ1) is 11.5. The highest BCUT2D eigenvalue weighted by atomic mass is 16.5. The molecule has 4 rings (SSSR count). The smallest absolute Gasteiger partial charge is 0.319 e. The summed E-state index contributed by atoms with van der Waals surface area (Å²) in [5.74, 6) is 3.57. The van der Waals surface area contributed by atoms with Crippen molar-refractivity contribution >= 4 is 5.97 Å². The van der Waals surface area contributed by atoms with Crippen molar-refractivity contribution in [3.63, 3.8) is 0 Å². The van der Waals surface area contributed by atoms with Crippen LogP contribution in [-0.2, 0) is 9.53 Å². The average Bonchev–Trinajstić information content (AvgIpc) is 2.27. The molecule has 3 nitrogen and oxygen atoms in total. The van der Waals surface area contributed by atoms with Crippen LogP contribution >= 0.6 is 0 Å². The zero-order chi connectivity index (χ0) is 11.8. The van der Waals surface area contributed by atoms with E-state index < -0.39 is 0 Å². The van der Waals surface area contributed by atoms with Crippen LogP contribution in [0.25, 0.3) is 0 Å². The summed E-state index contributed by atoms with van der Waals surface area (Å²) < 4.78 is 4.98. The van der Waals surface area contributed by atoms with Gasteiger partial charge in [-0.3, -0.25) is 4.79 Å². The molecule has 1 N–H and O–H groups in total. The molecule has 0 saturated heterocycles. The van der Waals surface area contributed by atoms with Gasteiger partial charge in [-0.15, -0.1) is 0 Å². The molecule has 0 aromatic rings. The molecule has 4 fully saturated rings. The third-order valence-corrected chi connectivity index (χ3v) is 5.01. The van der Waals surface area contributed by atoms with E-state index >= 15 is 0 Å². The molecule has 4 aliphatic carbocycles. The summed E-state index contributed by atoms with van der Waals surface area (Å²) >= 11 is 0. The topological polar surface area (TPSA) is 38.3 Å². The Hall–Kier alpha value is -0.570. The molecule has 0 aromatic heterocycles. The Kier molecular flexibility index (Phi) is 3.12. The molecule has 0 amide bonds. The van der Waals surface area contributed by atoms with E-state index in [0.29, 0.717) is 19.2 Å². The Morgan fingerprint density at radius 3 is 2.24 bits per heavy atom. The van der Waals surface area contributed by atoms with Gasteiger partial charge >= 0.3 is 5.97 Å². The minimum atomic E-state index is -0.0960. The Bertz CT molecular complexity index is 275. The van der Waals surface area contributed by atoms with Gasteiger partial charge < -0.3 is 10.1 Å². The van der Waals surface area contributed by atoms with E-state index in [2.05, 4.69) is 5.32 Å². The molecule has 0 spiro atoms. The van der Waals surface area contributed by atoms with Crippen LogP contribution in [0.4, 0.5) is 0 Å². The van der Waals surface area contributed by atoms with E-state index in [1.807, 2.05) is 6.92 Å². The van der Waals surface area contributed by atoms with Crippen LogP contribution in [0.2, 0.25) is 0 Å². The van der Waals surface area contributed by atoms with Gasteiger partial charge in [-0.1, -0.05) is 0 Å². The van der Waals surface area contributed by atoms with Gasteiger partial charge in [0.25, 0.3) is 0 Å². The first-order chi connectivity index (χ1) is 8.26. The van der Waals surface area contributed by atoms with Crippen LogP contribution in [0.1, 0.15) is 39.0 Å². The lowest BCUT2D eigenvalue weighted by Gasteiger charge is -2.54. The van der Waals surface area contributed by atoms with Gasteiger partial charge in [0.15, 0.2) is 0 Å². The summed E-state index contributed by atoms with van der Waals surface area (Å²) in [5.41, 5.74) is 0. The van der Waals surface area contributed by atoms with Crippen molar-refractivity contribution in [1.29, 1.82) is 0 Å². The number of carbonyl (C=O) groups is 1. The standard InChI is InChI=1S/C14H23NO2/c1-2-17-13(16)8-15-14-11-4-9-3-10(6-11)7-12(14)5-9/h9-12,14-15H,2-8H2,1H3. The predicted molar refractivity (Wildman–Crippen MR) is 65.5 cm³/mol. The van der Waals surface area contributed by atoms with Crippen LogP contribution in [0.5, 0.6) is 0 Å². The van der Waals surface area contributed by atoms with E-state index in [1.165, 1.54) is 32.1 Å². The van der Waals surface area contributed by atoms with E-state index in [9.17, 15) is 4.79 Å². The number of rotatable bonds is 4. The Morgan fingerprint density at radius 1 is 1.12 bits per heavy atom. The predicted octanol–water partition coefficient (Wildman–Crippen LogP) is 1.96. The molecule has 0 aromatic carbocycles. The van der Waals surface area contributed by atoms with Crippen molar-refractivity contribution in [1.82, 2.24) is 5.32 Å². The van der Waals surface area contributed by atoms with Gasteiger partial charge in [-0.2, -0.15) is 0 Å². The summed E-state index contributed by atoms with van der Waals surface area (Å²) in [5, 5.41) is 3.47. The van der Waals surface area contributed by atoms with Crippen molar-refractivity contribution in [3.05, 3.63) is 0 Å². The lowest BCUT2D eigenvalue weighted by molar-refractivity contribution is -0.142. The monoisotopic (exact) mass is 237 g/mol. The van der Waals surface area contributed by atoms with Crippen molar-refractivity contribution in [3.8, 4) is 0 Å². The molecule has 96 valence electrons. The molecule has 17 heavy (non-hydrogen) atoms. The second kappa shape index (κ2) is 4.60. The van der Waals surface area contributed by atoms with Crippen LogP contribution in [0.3, 0.4) is 0 Å². The van der Waals surface area contributed by atoms with Crippen LogP contribution < -0.4 is 5.32 Å². The van der Waals surface area contributed by atoms with Crippen LogP contribution in [-0.4, -0.2) is 25.2 Å². The number of hydrogen-bond donors (Lipinski definition) is 1. The van der Waals surface area contributed by atoms with Gasteiger partial charge in [-0.05, 0) is 62.7 Å². The van der Waals surface area contributed by atoms with Crippen LogP contribution in [0.15, 0.2) is 0 Å². The van der Waals surface area contributed by atoms with Gasteiger partial charge in [-0.25, -0.2) is 0 Å². The normalized spacial score (nSPS) is 42.8. The number of ether oxygens (including phenoxy) is 1. The number of carbonyl (C=O) groups excluding carboxylic acids is 1. The summed E-state index contributed by atoms with van der Waals surface area (Å²) in [6.07, 6.45) is 7.07. The minimum absolute atomic E-state index is 0.0960. The van der Waals surface area contributed by atoms with Crippen molar-refractivity contribution in [2.45, 2.75) is 45.1 Å². The SMILES string of the molecule is CCOC(=O)CNC1C2CC3CC(C2)CC1C3. The Balaban J connectivity index is 1.55. The second-order valence-electron chi connectivity index (χ2n) is 6.14. The molecule has 0 unspecified atom stereocenters. The van der Waals surface area contributed by atoms with Gasteiger partial charge in [0.05, 0.1) is 13.2 Å². The van der Waals surface area contributed by atoms with E-state index in [-0.39, 0.29) is 5.97 Å². The second-order valence-corrected chi connectivity index (χ2v) is 6.14. The summed E-state index contributed by atoms with van der Waals surface area (Å²) in [7, 11) is 0. The first-order valence-electron chi connectivity index (χ1n) is 7.15. The molecule has 0 atom stereocenters. The highest BCUT2D eigenvalue weighted by molar-refractivity contribution is 5.71. The summed E-state index contributed by atoms with van der Waals surface area (Å²) in [4.78, 5) is 11.4. The van der Waals surface area contributed by atoms with Gasteiger partial charge in [0.2, 0.25) is 0 Å². The highest BCUT2D eigenvalue weighted by Crippen LogP contribution is 2.53. The van der Waals surface area contributed by atoms with E-state index in [1.54, 1.807) is 0 Å². The fraction of sp³-hybridized carbons (Fsp3) is 0.929. The Labute approximate surface area is 103 Å². The maximum atomic E-state index is 11.4. The molecule has 3 heteroatoms. The third-order valence-electron chi connectivity index (χ3n) is 5.01. The molecule has 0 heterocycles. The third kappa shape index (κ3) is 2.22. The highest BCUT2D eigenvalue weighted by Gasteiger charge is 2.47. The number of esters is 1. The molecular formula is C14H23NO2. The molecule has 0 radical (unpaired) electrons. The quantitative estimate of drug-likeness (QED) is 0.760. The van der Waals surface area contributed by atoms with Crippen LogP contribution in [0, 0.1) is 23.7 Å². The fourth-order valence-corrected chi connectivity index (χ4v) is 4.67. The molecule has 4 bridgehead atoms. The first-order valence-corrected chi connectivity index (χ1v) is 7.15. The van der Waals surface area contributed by atoms with Crippen molar-refractivity contribution < 1.29 is 9.53 Å². The summed E-state index contributed by atoms with van der Waals surface area (Å²) in [6, 6.07) is 0.590. The van der Waals surface area contributed by atoms with Gasteiger partial charge in [0.1, 0.15) is 0 Å². The lowest BCUT2D eigenvalue weighted by Crippen LogP contribution is -2.55. The lowest BCUT2D eigenvalue weighted by atomic mass is 9.54. The van der Waals surface area contributed by atoms with Gasteiger partial charge in [0, 0.05) is 6.04 Å². The Morgan fingerprint density at radius 2 is 1.71 bits per heavy atom. The maximum absolute atomic E-state index is 11.4. The molecule has 4 saturated carbocycles. The largest absolute Gasteiger partial charge is 0.465 e. The van der Waals surface area contributed by atoms with E-state index in [0.717, 1.165) is 23.7 Å².